The van der Waals surface area contributed by atoms with Crippen molar-refractivity contribution in [2.24, 2.45) is 0 Å². The minimum absolute atomic E-state index is 0.116. The van der Waals surface area contributed by atoms with Crippen molar-refractivity contribution < 1.29 is 14.6 Å². The fourth-order valence-electron chi connectivity index (χ4n) is 1.04. The molecule has 0 saturated heterocycles. The van der Waals surface area contributed by atoms with Gasteiger partial charge in [-0.15, -0.1) is 0 Å². The number of hydrogen-bond donors (Lipinski definition) is 2. The van der Waals surface area contributed by atoms with E-state index in [2.05, 4.69) is 5.32 Å². The van der Waals surface area contributed by atoms with Gasteiger partial charge in [0.05, 0.1) is 6.10 Å². The van der Waals surface area contributed by atoms with Gasteiger partial charge >= 0.3 is 0 Å². The Hall–Kier alpha value is -0.610. The summed E-state index contributed by atoms with van der Waals surface area (Å²) in [6.45, 7) is 6.52. The number of rotatable bonds is 7. The maximum Gasteiger partial charge on any atom is 0.248 e. The zero-order valence-electron chi connectivity index (χ0n) is 9.25. The summed E-state index contributed by atoms with van der Waals surface area (Å²) in [5, 5.41) is 11.9. The summed E-state index contributed by atoms with van der Waals surface area (Å²) >= 11 is 0. The van der Waals surface area contributed by atoms with Crippen LogP contribution < -0.4 is 5.32 Å². The number of amides is 1. The van der Waals surface area contributed by atoms with Crippen molar-refractivity contribution in [1.82, 2.24) is 5.32 Å². The molecule has 0 spiro atoms. The van der Waals surface area contributed by atoms with Crippen LogP contribution in [0, 0.1) is 0 Å². The van der Waals surface area contributed by atoms with E-state index in [9.17, 15) is 9.90 Å². The molecule has 2 N–H and O–H groups in total. The Balaban J connectivity index is 3.53. The van der Waals surface area contributed by atoms with Crippen molar-refractivity contribution in [2.45, 2.75) is 45.8 Å². The molecule has 0 aromatic heterocycles. The lowest BCUT2D eigenvalue weighted by Crippen LogP contribution is -2.36. The molecule has 0 aromatic carbocycles. The average Bonchev–Trinajstić information content (AvgIpc) is 2.17. The summed E-state index contributed by atoms with van der Waals surface area (Å²) in [4.78, 5) is 11.3. The number of ether oxygens (including phenoxy) is 1. The van der Waals surface area contributed by atoms with Gasteiger partial charge in [-0.3, -0.25) is 4.79 Å². The molecule has 0 aliphatic heterocycles. The molecule has 0 rings (SSSR count). The van der Waals surface area contributed by atoms with Crippen LogP contribution in [0.5, 0.6) is 0 Å². The van der Waals surface area contributed by atoms with Crippen LogP contribution in [0.15, 0.2) is 0 Å². The highest BCUT2D eigenvalue weighted by atomic mass is 16.5. The third-order valence-corrected chi connectivity index (χ3v) is 2.03. The Morgan fingerprint density at radius 3 is 2.64 bits per heavy atom. The van der Waals surface area contributed by atoms with Crippen LogP contribution in [-0.4, -0.2) is 36.4 Å². The third-order valence-electron chi connectivity index (χ3n) is 2.03. The molecule has 0 saturated carbocycles. The molecule has 0 heterocycles. The lowest BCUT2D eigenvalue weighted by atomic mass is 10.2. The number of carbonyl (C=O) groups is 1. The van der Waals surface area contributed by atoms with Gasteiger partial charge in [0, 0.05) is 13.2 Å². The summed E-state index contributed by atoms with van der Waals surface area (Å²) in [6.07, 6.45) is 0.592. The van der Waals surface area contributed by atoms with Crippen LogP contribution in [0.4, 0.5) is 0 Å². The van der Waals surface area contributed by atoms with E-state index in [1.165, 1.54) is 0 Å². The SMILES string of the molecule is CCOC(C)C(=O)NCCC(O)CC. The van der Waals surface area contributed by atoms with Gasteiger partial charge in [-0.05, 0) is 26.7 Å². The number of nitrogens with one attached hydrogen (secondary N) is 1. The largest absolute Gasteiger partial charge is 0.393 e. The van der Waals surface area contributed by atoms with Crippen molar-refractivity contribution in [2.75, 3.05) is 13.2 Å². The molecule has 0 aliphatic carbocycles. The minimum atomic E-state index is -0.404. The summed E-state index contributed by atoms with van der Waals surface area (Å²) in [5.74, 6) is -0.116. The second-order valence-electron chi connectivity index (χ2n) is 3.24. The van der Waals surface area contributed by atoms with Crippen LogP contribution in [0.2, 0.25) is 0 Å². The highest BCUT2D eigenvalue weighted by molar-refractivity contribution is 5.80. The fraction of sp³-hybridized carbons (Fsp3) is 0.900. The molecule has 14 heavy (non-hydrogen) atoms. The highest BCUT2D eigenvalue weighted by Gasteiger charge is 2.11. The molecule has 2 unspecified atom stereocenters. The fourth-order valence-corrected chi connectivity index (χ4v) is 1.04. The lowest BCUT2D eigenvalue weighted by Gasteiger charge is -2.13. The van der Waals surface area contributed by atoms with Crippen molar-refractivity contribution in [3.05, 3.63) is 0 Å². The Morgan fingerprint density at radius 2 is 2.14 bits per heavy atom. The van der Waals surface area contributed by atoms with E-state index in [-0.39, 0.29) is 12.0 Å². The van der Waals surface area contributed by atoms with E-state index >= 15 is 0 Å². The van der Waals surface area contributed by atoms with Crippen LogP contribution >= 0.6 is 0 Å². The first-order chi connectivity index (χ1) is 6.61. The molecule has 4 nitrogen and oxygen atoms in total. The lowest BCUT2D eigenvalue weighted by molar-refractivity contribution is -0.131. The van der Waals surface area contributed by atoms with Crippen LogP contribution in [-0.2, 0) is 9.53 Å². The van der Waals surface area contributed by atoms with Gasteiger partial charge in [0.25, 0.3) is 0 Å². The minimum Gasteiger partial charge on any atom is -0.393 e. The number of aliphatic hydroxyl groups excluding tert-OH is 1. The molecule has 4 heteroatoms. The summed E-state index contributed by atoms with van der Waals surface area (Å²) < 4.78 is 5.11. The Kier molecular flexibility index (Phi) is 7.42. The van der Waals surface area contributed by atoms with Gasteiger partial charge in [0.2, 0.25) is 5.91 Å². The summed E-state index contributed by atoms with van der Waals surface area (Å²) in [5.41, 5.74) is 0. The zero-order valence-corrected chi connectivity index (χ0v) is 9.25. The molecule has 1 amide bonds. The maximum absolute atomic E-state index is 11.3. The first-order valence-corrected chi connectivity index (χ1v) is 5.19. The van der Waals surface area contributed by atoms with E-state index in [4.69, 9.17) is 4.74 Å². The molecule has 0 fully saturated rings. The predicted molar refractivity (Wildman–Crippen MR) is 55.0 cm³/mol. The zero-order chi connectivity index (χ0) is 11.0. The second kappa shape index (κ2) is 7.76. The molecule has 2 atom stereocenters. The standard InChI is InChI=1S/C10H21NO3/c1-4-9(12)6-7-11-10(13)8(3)14-5-2/h8-9,12H,4-7H2,1-3H3,(H,11,13). The third kappa shape index (κ3) is 5.94. The Bertz CT molecular complexity index is 161. The van der Waals surface area contributed by atoms with Gasteiger partial charge < -0.3 is 15.2 Å². The van der Waals surface area contributed by atoms with Crippen LogP contribution in [0.25, 0.3) is 0 Å². The molecule has 0 radical (unpaired) electrons. The van der Waals surface area contributed by atoms with E-state index in [1.54, 1.807) is 6.92 Å². The number of carbonyl (C=O) groups excluding carboxylic acids is 1. The predicted octanol–water partition coefficient (Wildman–Crippen LogP) is 0.689. The van der Waals surface area contributed by atoms with E-state index in [1.807, 2.05) is 13.8 Å². The van der Waals surface area contributed by atoms with Crippen LogP contribution in [0.3, 0.4) is 0 Å². The van der Waals surface area contributed by atoms with Gasteiger partial charge in [-0.1, -0.05) is 6.92 Å². The van der Waals surface area contributed by atoms with Gasteiger partial charge in [0.1, 0.15) is 6.10 Å². The highest BCUT2D eigenvalue weighted by Crippen LogP contribution is 1.95. The van der Waals surface area contributed by atoms with Crippen LogP contribution in [0.1, 0.15) is 33.6 Å². The molecule has 0 aromatic rings. The first kappa shape index (κ1) is 13.4. The maximum atomic E-state index is 11.3. The molecule has 84 valence electrons. The second-order valence-corrected chi connectivity index (χ2v) is 3.24. The Morgan fingerprint density at radius 1 is 1.50 bits per heavy atom. The monoisotopic (exact) mass is 203 g/mol. The van der Waals surface area contributed by atoms with E-state index in [0.717, 1.165) is 6.42 Å². The number of hydrogen-bond acceptors (Lipinski definition) is 3. The van der Waals surface area contributed by atoms with Gasteiger partial charge in [-0.2, -0.15) is 0 Å². The first-order valence-electron chi connectivity index (χ1n) is 5.19. The summed E-state index contributed by atoms with van der Waals surface area (Å²) in [7, 11) is 0. The van der Waals surface area contributed by atoms with Crippen molar-refractivity contribution >= 4 is 5.91 Å². The smallest absolute Gasteiger partial charge is 0.248 e. The van der Waals surface area contributed by atoms with Gasteiger partial charge in [-0.25, -0.2) is 0 Å². The van der Waals surface area contributed by atoms with E-state index in [0.29, 0.717) is 19.6 Å². The molecule has 0 aliphatic rings. The molecular formula is C10H21NO3. The quantitative estimate of drug-likeness (QED) is 0.640. The van der Waals surface area contributed by atoms with Crippen molar-refractivity contribution in [3.63, 3.8) is 0 Å². The van der Waals surface area contributed by atoms with Crippen molar-refractivity contribution in [1.29, 1.82) is 0 Å². The number of aliphatic hydroxyl groups is 1. The van der Waals surface area contributed by atoms with Gasteiger partial charge in [0.15, 0.2) is 0 Å². The molecular weight excluding hydrogens is 182 g/mol. The van der Waals surface area contributed by atoms with E-state index < -0.39 is 6.10 Å². The van der Waals surface area contributed by atoms with Crippen molar-refractivity contribution in [3.8, 4) is 0 Å². The topological polar surface area (TPSA) is 58.6 Å². The summed E-state index contributed by atoms with van der Waals surface area (Å²) in [6, 6.07) is 0. The normalized spacial score (nSPS) is 14.9. The Labute approximate surface area is 85.6 Å². The average molecular weight is 203 g/mol. The molecule has 0 bridgehead atoms.